The molecule has 0 heterocycles. The van der Waals surface area contributed by atoms with Crippen LogP contribution in [0.25, 0.3) is 0 Å². The van der Waals surface area contributed by atoms with Crippen LogP contribution in [0.1, 0.15) is 70.6 Å². The summed E-state index contributed by atoms with van der Waals surface area (Å²) in [6, 6.07) is 5.80. The maximum absolute atomic E-state index is 11.6. The first-order valence-electron chi connectivity index (χ1n) is 7.30. The summed E-state index contributed by atoms with van der Waals surface area (Å²) in [6.07, 6.45) is 0.695. The third-order valence-electron chi connectivity index (χ3n) is 3.66. The number of carbonyl (C=O) groups excluding carboxylic acids is 1. The molecule has 0 bridgehead atoms. The Balaban J connectivity index is 3.66. The highest BCUT2D eigenvalue weighted by atomic mass is 16.4. The molecule has 0 saturated heterocycles. The Morgan fingerprint density at radius 1 is 1.14 bits per heavy atom. The minimum Gasteiger partial charge on any atom is -0.481 e. The predicted molar refractivity (Wildman–Crippen MR) is 84.9 cm³/mol. The van der Waals surface area contributed by atoms with Gasteiger partial charge in [0, 0.05) is 6.42 Å². The van der Waals surface area contributed by atoms with Crippen LogP contribution in [-0.4, -0.2) is 17.4 Å². The minimum atomic E-state index is -0.946. The first kappa shape index (κ1) is 17.4. The van der Waals surface area contributed by atoms with Gasteiger partial charge in [0.1, 0.15) is 6.29 Å². The first-order valence-corrected chi connectivity index (χ1v) is 7.30. The molecule has 1 rings (SSSR count). The Labute approximate surface area is 127 Å². The molecule has 0 amide bonds. The van der Waals surface area contributed by atoms with E-state index >= 15 is 0 Å². The van der Waals surface area contributed by atoms with Gasteiger partial charge >= 0.3 is 5.97 Å². The van der Waals surface area contributed by atoms with Gasteiger partial charge in [0.2, 0.25) is 0 Å². The molecule has 3 heteroatoms. The van der Waals surface area contributed by atoms with Crippen LogP contribution in [0.4, 0.5) is 0 Å². The third-order valence-corrected chi connectivity index (χ3v) is 3.66. The number of aldehydes is 1. The fourth-order valence-electron chi connectivity index (χ4n) is 2.78. The summed E-state index contributed by atoms with van der Waals surface area (Å²) >= 11 is 0. The summed E-state index contributed by atoms with van der Waals surface area (Å²) in [7, 11) is 0. The molecule has 0 aliphatic heterocycles. The van der Waals surface area contributed by atoms with E-state index < -0.39 is 11.9 Å². The molecular formula is C18H26O3. The standard InChI is InChI=1S/C18H26O3/c1-17(2,3)14-9-7-8-12(15(14)18(4,5)6)13(10-11-19)16(20)21/h7-9,11,13H,10H2,1-6H3,(H,20,21). The van der Waals surface area contributed by atoms with E-state index in [4.69, 9.17) is 0 Å². The van der Waals surface area contributed by atoms with E-state index in [2.05, 4.69) is 47.6 Å². The third kappa shape index (κ3) is 3.93. The topological polar surface area (TPSA) is 54.4 Å². The number of benzene rings is 1. The lowest BCUT2D eigenvalue weighted by atomic mass is 9.71. The van der Waals surface area contributed by atoms with Crippen molar-refractivity contribution >= 4 is 12.3 Å². The molecule has 0 aliphatic carbocycles. The van der Waals surface area contributed by atoms with Crippen molar-refractivity contribution in [2.24, 2.45) is 0 Å². The van der Waals surface area contributed by atoms with Gasteiger partial charge in [-0.15, -0.1) is 0 Å². The summed E-state index contributed by atoms with van der Waals surface area (Å²) in [6.45, 7) is 12.6. The number of carbonyl (C=O) groups is 2. The van der Waals surface area contributed by atoms with Crippen LogP contribution in [-0.2, 0) is 20.4 Å². The van der Waals surface area contributed by atoms with Gasteiger partial charge in [-0.3, -0.25) is 4.79 Å². The fraction of sp³-hybridized carbons (Fsp3) is 0.556. The van der Waals surface area contributed by atoms with Crippen LogP contribution < -0.4 is 0 Å². The van der Waals surface area contributed by atoms with Gasteiger partial charge in [0.05, 0.1) is 5.92 Å². The molecule has 0 aliphatic rings. The number of hydrogen-bond donors (Lipinski definition) is 1. The van der Waals surface area contributed by atoms with Crippen molar-refractivity contribution in [1.29, 1.82) is 0 Å². The van der Waals surface area contributed by atoms with E-state index in [0.717, 1.165) is 16.7 Å². The first-order chi connectivity index (χ1) is 9.50. The number of carboxylic acids is 1. The maximum Gasteiger partial charge on any atom is 0.311 e. The smallest absolute Gasteiger partial charge is 0.311 e. The Bertz CT molecular complexity index is 530. The van der Waals surface area contributed by atoms with Crippen molar-refractivity contribution in [1.82, 2.24) is 0 Å². The van der Waals surface area contributed by atoms with Crippen molar-refractivity contribution in [3.05, 3.63) is 34.9 Å². The zero-order chi connectivity index (χ0) is 16.4. The average Bonchev–Trinajstić information content (AvgIpc) is 2.32. The van der Waals surface area contributed by atoms with Crippen LogP contribution in [0.2, 0.25) is 0 Å². The van der Waals surface area contributed by atoms with Crippen molar-refractivity contribution in [2.45, 2.75) is 64.7 Å². The van der Waals surface area contributed by atoms with Crippen LogP contribution >= 0.6 is 0 Å². The maximum atomic E-state index is 11.6. The van der Waals surface area contributed by atoms with Gasteiger partial charge in [-0.1, -0.05) is 59.7 Å². The molecule has 21 heavy (non-hydrogen) atoms. The molecule has 1 aromatic carbocycles. The van der Waals surface area contributed by atoms with E-state index in [-0.39, 0.29) is 17.3 Å². The molecule has 0 radical (unpaired) electrons. The molecule has 1 N–H and O–H groups in total. The second kappa shape index (κ2) is 6.00. The summed E-state index contributed by atoms with van der Waals surface area (Å²) in [5.41, 5.74) is 2.68. The molecule has 1 atom stereocenters. The number of aliphatic carboxylic acids is 1. The van der Waals surface area contributed by atoms with Crippen molar-refractivity contribution < 1.29 is 14.7 Å². The van der Waals surface area contributed by atoms with Crippen molar-refractivity contribution in [3.8, 4) is 0 Å². The summed E-state index contributed by atoms with van der Waals surface area (Å²) in [5.74, 6) is -1.72. The molecule has 1 aromatic rings. The predicted octanol–water partition coefficient (Wildman–Crippen LogP) is 4.04. The number of hydrogen-bond acceptors (Lipinski definition) is 2. The number of carboxylic acid groups (broad SMARTS) is 1. The van der Waals surface area contributed by atoms with Gasteiger partial charge in [0.25, 0.3) is 0 Å². The van der Waals surface area contributed by atoms with Gasteiger partial charge in [-0.05, 0) is 27.5 Å². The van der Waals surface area contributed by atoms with Gasteiger partial charge in [0.15, 0.2) is 0 Å². The molecule has 1 unspecified atom stereocenters. The van der Waals surface area contributed by atoms with E-state index in [0.29, 0.717) is 6.29 Å². The van der Waals surface area contributed by atoms with Crippen LogP contribution in [0.5, 0.6) is 0 Å². The second-order valence-electron chi connectivity index (χ2n) is 7.56. The van der Waals surface area contributed by atoms with Gasteiger partial charge in [-0.25, -0.2) is 0 Å². The molecule has 0 aromatic heterocycles. The summed E-state index contributed by atoms with van der Waals surface area (Å²) in [5, 5.41) is 9.48. The second-order valence-corrected chi connectivity index (χ2v) is 7.56. The van der Waals surface area contributed by atoms with Gasteiger partial charge in [-0.2, -0.15) is 0 Å². The molecule has 0 saturated carbocycles. The Morgan fingerprint density at radius 3 is 2.10 bits per heavy atom. The Morgan fingerprint density at radius 2 is 1.71 bits per heavy atom. The van der Waals surface area contributed by atoms with Crippen molar-refractivity contribution in [3.63, 3.8) is 0 Å². The van der Waals surface area contributed by atoms with E-state index in [1.54, 1.807) is 0 Å². The lowest BCUT2D eigenvalue weighted by molar-refractivity contribution is -0.139. The van der Waals surface area contributed by atoms with Crippen LogP contribution in [0, 0.1) is 0 Å². The zero-order valence-corrected chi connectivity index (χ0v) is 13.9. The van der Waals surface area contributed by atoms with Crippen molar-refractivity contribution in [2.75, 3.05) is 0 Å². The SMILES string of the molecule is CC(C)(C)c1cccc(C(CC=O)C(=O)O)c1C(C)(C)C. The molecule has 0 fully saturated rings. The lowest BCUT2D eigenvalue weighted by Gasteiger charge is -2.33. The zero-order valence-electron chi connectivity index (χ0n) is 13.9. The Hall–Kier alpha value is -1.64. The molecule has 116 valence electrons. The monoisotopic (exact) mass is 290 g/mol. The summed E-state index contributed by atoms with van der Waals surface area (Å²) in [4.78, 5) is 22.4. The highest BCUT2D eigenvalue weighted by Crippen LogP contribution is 2.39. The average molecular weight is 290 g/mol. The van der Waals surface area contributed by atoms with Gasteiger partial charge < -0.3 is 9.90 Å². The fourth-order valence-corrected chi connectivity index (χ4v) is 2.78. The molecule has 3 nitrogen and oxygen atoms in total. The molecular weight excluding hydrogens is 264 g/mol. The molecule has 0 spiro atoms. The quantitative estimate of drug-likeness (QED) is 0.851. The van der Waals surface area contributed by atoms with E-state index in [1.807, 2.05) is 12.1 Å². The number of rotatable bonds is 4. The van der Waals surface area contributed by atoms with Crippen LogP contribution in [0.15, 0.2) is 18.2 Å². The highest BCUT2D eigenvalue weighted by Gasteiger charge is 2.32. The Kier molecular flexibility index (Phi) is 4.98. The van der Waals surface area contributed by atoms with E-state index in [1.165, 1.54) is 0 Å². The largest absolute Gasteiger partial charge is 0.481 e. The highest BCUT2D eigenvalue weighted by molar-refractivity contribution is 5.80. The van der Waals surface area contributed by atoms with Crippen LogP contribution in [0.3, 0.4) is 0 Å². The lowest BCUT2D eigenvalue weighted by Crippen LogP contribution is -2.26. The normalized spacial score (nSPS) is 13.8. The van der Waals surface area contributed by atoms with E-state index in [9.17, 15) is 14.7 Å². The summed E-state index contributed by atoms with van der Waals surface area (Å²) < 4.78 is 0. The minimum absolute atomic E-state index is 0.00596.